The number of para-hydroxylation sites is 1. The van der Waals surface area contributed by atoms with Crippen molar-refractivity contribution in [1.29, 1.82) is 0 Å². The fourth-order valence-electron chi connectivity index (χ4n) is 1.34. The van der Waals surface area contributed by atoms with E-state index in [0.717, 1.165) is 11.4 Å². The highest BCUT2D eigenvalue weighted by molar-refractivity contribution is 6.33. The van der Waals surface area contributed by atoms with Gasteiger partial charge in [-0.25, -0.2) is 0 Å². The van der Waals surface area contributed by atoms with Crippen molar-refractivity contribution in [1.82, 2.24) is 0 Å². The van der Waals surface area contributed by atoms with Crippen molar-refractivity contribution in [2.75, 3.05) is 5.32 Å². The normalized spacial score (nSPS) is 9.81. The fraction of sp³-hybridized carbons (Fsp3) is 0. The summed E-state index contributed by atoms with van der Waals surface area (Å²) in [6.07, 6.45) is 0. The van der Waals surface area contributed by atoms with Crippen molar-refractivity contribution in [2.24, 2.45) is 5.18 Å². The molecule has 80 valence electrons. The van der Waals surface area contributed by atoms with Gasteiger partial charge in [0, 0.05) is 5.69 Å². The van der Waals surface area contributed by atoms with Crippen LogP contribution in [0.2, 0.25) is 5.02 Å². The van der Waals surface area contributed by atoms with E-state index in [-0.39, 0.29) is 0 Å². The number of nitroso groups, excluding NO2 is 1. The van der Waals surface area contributed by atoms with E-state index in [4.69, 9.17) is 11.6 Å². The largest absolute Gasteiger partial charge is 0.354 e. The van der Waals surface area contributed by atoms with E-state index >= 15 is 0 Å². The van der Waals surface area contributed by atoms with E-state index in [0.29, 0.717) is 10.7 Å². The maximum Gasteiger partial charge on any atom is 0.109 e. The molecule has 2 aromatic carbocycles. The Labute approximate surface area is 98.0 Å². The third-order valence-electron chi connectivity index (χ3n) is 2.11. The minimum absolute atomic E-state index is 0.323. The maximum absolute atomic E-state index is 10.3. The molecule has 0 radical (unpaired) electrons. The van der Waals surface area contributed by atoms with Crippen molar-refractivity contribution >= 4 is 28.7 Å². The molecule has 0 saturated carbocycles. The molecule has 0 aromatic heterocycles. The molecule has 0 spiro atoms. The topological polar surface area (TPSA) is 41.5 Å². The zero-order valence-corrected chi connectivity index (χ0v) is 9.11. The maximum atomic E-state index is 10.3. The molecule has 4 heteroatoms. The summed E-state index contributed by atoms with van der Waals surface area (Å²) < 4.78 is 0. The van der Waals surface area contributed by atoms with E-state index in [2.05, 4.69) is 10.5 Å². The minimum Gasteiger partial charge on any atom is -0.354 e. The molecule has 2 aromatic rings. The minimum atomic E-state index is 0.323. The van der Waals surface area contributed by atoms with Gasteiger partial charge < -0.3 is 5.32 Å². The monoisotopic (exact) mass is 232 g/mol. The molecule has 0 heterocycles. The van der Waals surface area contributed by atoms with Crippen LogP contribution in [0.4, 0.5) is 17.1 Å². The molecule has 3 nitrogen and oxygen atoms in total. The summed E-state index contributed by atoms with van der Waals surface area (Å²) in [6.45, 7) is 0. The average molecular weight is 233 g/mol. The Bertz CT molecular complexity index is 500. The first-order valence-corrected chi connectivity index (χ1v) is 5.12. The quantitative estimate of drug-likeness (QED) is 0.793. The van der Waals surface area contributed by atoms with Crippen molar-refractivity contribution in [3.05, 3.63) is 58.5 Å². The van der Waals surface area contributed by atoms with Gasteiger partial charge in [-0.05, 0) is 35.5 Å². The molecule has 0 fully saturated rings. The predicted molar refractivity (Wildman–Crippen MR) is 66.6 cm³/mol. The van der Waals surface area contributed by atoms with Crippen LogP contribution in [0.3, 0.4) is 0 Å². The zero-order valence-electron chi connectivity index (χ0n) is 8.35. The van der Waals surface area contributed by atoms with Gasteiger partial charge in [-0.15, -0.1) is 4.91 Å². The van der Waals surface area contributed by atoms with Crippen LogP contribution in [-0.2, 0) is 0 Å². The van der Waals surface area contributed by atoms with Gasteiger partial charge in [0.1, 0.15) is 5.69 Å². The third-order valence-corrected chi connectivity index (χ3v) is 2.42. The van der Waals surface area contributed by atoms with Crippen LogP contribution < -0.4 is 5.32 Å². The van der Waals surface area contributed by atoms with Crippen LogP contribution in [-0.4, -0.2) is 0 Å². The summed E-state index contributed by atoms with van der Waals surface area (Å²) >= 11 is 6.00. The van der Waals surface area contributed by atoms with Gasteiger partial charge in [-0.2, -0.15) is 0 Å². The summed E-state index contributed by atoms with van der Waals surface area (Å²) in [4.78, 5) is 10.3. The smallest absolute Gasteiger partial charge is 0.109 e. The number of halogens is 1. The molecule has 0 atom stereocenters. The van der Waals surface area contributed by atoms with Gasteiger partial charge in [0.15, 0.2) is 0 Å². The molecular weight excluding hydrogens is 224 g/mol. The number of nitrogens with zero attached hydrogens (tertiary/aromatic N) is 1. The van der Waals surface area contributed by atoms with Gasteiger partial charge in [-0.3, -0.25) is 0 Å². The lowest BCUT2D eigenvalue weighted by Crippen LogP contribution is -1.90. The number of nitrogens with one attached hydrogen (secondary N) is 1. The SMILES string of the molecule is O=Nc1ccc(Nc2ccccc2)c(Cl)c1. The number of hydrogen-bond donors (Lipinski definition) is 1. The first kappa shape index (κ1) is 10.6. The highest BCUT2D eigenvalue weighted by atomic mass is 35.5. The summed E-state index contributed by atoms with van der Waals surface area (Å²) in [5.74, 6) is 0. The van der Waals surface area contributed by atoms with Crippen molar-refractivity contribution in [3.63, 3.8) is 0 Å². The summed E-state index contributed by atoms with van der Waals surface area (Å²) in [5, 5.41) is 6.44. The molecule has 2 rings (SSSR count). The molecule has 0 unspecified atom stereocenters. The first-order chi connectivity index (χ1) is 7.79. The van der Waals surface area contributed by atoms with Crippen LogP contribution in [0.5, 0.6) is 0 Å². The lowest BCUT2D eigenvalue weighted by molar-refractivity contribution is 1.48. The zero-order chi connectivity index (χ0) is 11.4. The number of hydrogen-bond acceptors (Lipinski definition) is 3. The molecule has 0 amide bonds. The fourth-order valence-corrected chi connectivity index (χ4v) is 1.56. The third kappa shape index (κ3) is 2.38. The highest BCUT2D eigenvalue weighted by Crippen LogP contribution is 2.29. The molecule has 16 heavy (non-hydrogen) atoms. The lowest BCUT2D eigenvalue weighted by Gasteiger charge is -2.07. The van der Waals surface area contributed by atoms with E-state index in [1.165, 1.54) is 6.07 Å². The van der Waals surface area contributed by atoms with E-state index in [1.807, 2.05) is 30.3 Å². The predicted octanol–water partition coefficient (Wildman–Crippen LogP) is 4.48. The summed E-state index contributed by atoms with van der Waals surface area (Å²) in [5.41, 5.74) is 2.01. The second kappa shape index (κ2) is 4.77. The summed E-state index contributed by atoms with van der Waals surface area (Å²) in [7, 11) is 0. The Balaban J connectivity index is 2.25. The average Bonchev–Trinajstić information content (AvgIpc) is 2.33. The Morgan fingerprint density at radius 3 is 2.44 bits per heavy atom. The Morgan fingerprint density at radius 2 is 1.81 bits per heavy atom. The molecule has 0 aliphatic heterocycles. The molecule has 0 aliphatic rings. The Morgan fingerprint density at radius 1 is 1.06 bits per heavy atom. The van der Waals surface area contributed by atoms with Crippen molar-refractivity contribution in [2.45, 2.75) is 0 Å². The second-order valence-corrected chi connectivity index (χ2v) is 3.65. The van der Waals surface area contributed by atoms with Crippen LogP contribution >= 0.6 is 11.6 Å². The first-order valence-electron chi connectivity index (χ1n) is 4.74. The van der Waals surface area contributed by atoms with Crippen LogP contribution in [0.1, 0.15) is 0 Å². The molecular formula is C12H9ClN2O. The van der Waals surface area contributed by atoms with Gasteiger partial charge >= 0.3 is 0 Å². The van der Waals surface area contributed by atoms with E-state index in [9.17, 15) is 4.91 Å². The number of anilines is 2. The van der Waals surface area contributed by atoms with Crippen LogP contribution in [0.25, 0.3) is 0 Å². The lowest BCUT2D eigenvalue weighted by atomic mass is 10.2. The Hall–Kier alpha value is -1.87. The van der Waals surface area contributed by atoms with Gasteiger partial charge in [-0.1, -0.05) is 29.8 Å². The standard InChI is InChI=1S/C12H9ClN2O/c13-11-8-10(15-16)6-7-12(11)14-9-4-2-1-3-5-9/h1-8,14H. The molecule has 0 aliphatic carbocycles. The van der Waals surface area contributed by atoms with Gasteiger partial charge in [0.05, 0.1) is 10.7 Å². The van der Waals surface area contributed by atoms with Gasteiger partial charge in [0.25, 0.3) is 0 Å². The second-order valence-electron chi connectivity index (χ2n) is 3.25. The molecule has 0 bridgehead atoms. The van der Waals surface area contributed by atoms with Crippen LogP contribution in [0, 0.1) is 4.91 Å². The number of benzene rings is 2. The van der Waals surface area contributed by atoms with Crippen molar-refractivity contribution < 1.29 is 0 Å². The van der Waals surface area contributed by atoms with Crippen molar-refractivity contribution in [3.8, 4) is 0 Å². The number of rotatable bonds is 3. The van der Waals surface area contributed by atoms with E-state index < -0.39 is 0 Å². The molecule has 1 N–H and O–H groups in total. The van der Waals surface area contributed by atoms with Crippen LogP contribution in [0.15, 0.2) is 53.7 Å². The summed E-state index contributed by atoms with van der Waals surface area (Å²) in [6, 6.07) is 14.5. The highest BCUT2D eigenvalue weighted by Gasteiger charge is 2.02. The molecule has 0 saturated heterocycles. The van der Waals surface area contributed by atoms with Gasteiger partial charge in [0.2, 0.25) is 0 Å². The van der Waals surface area contributed by atoms with E-state index in [1.54, 1.807) is 12.1 Å². The Kier molecular flexibility index (Phi) is 3.17.